The number of hydrogen-bond donors (Lipinski definition) is 2. The van der Waals surface area contributed by atoms with Crippen molar-refractivity contribution in [2.45, 2.75) is 9.79 Å². The van der Waals surface area contributed by atoms with E-state index in [1.807, 2.05) is 16.6 Å². The van der Waals surface area contributed by atoms with Crippen LogP contribution in [0.3, 0.4) is 0 Å². The van der Waals surface area contributed by atoms with Gasteiger partial charge in [-0.05, 0) is 23.6 Å². The molecule has 0 aliphatic rings. The Hall–Kier alpha value is -1.15. The van der Waals surface area contributed by atoms with Gasteiger partial charge in [-0.2, -0.15) is 16.8 Å². The zero-order chi connectivity index (χ0) is 15.1. The fourth-order valence-electron chi connectivity index (χ4n) is 1.79. The number of fused-ring (bicyclic) bond motifs is 1. The molecule has 104 valence electrons. The molecule has 10 heteroatoms. The van der Waals surface area contributed by atoms with Crippen LogP contribution >= 0.6 is 0 Å². The molecule has 2 N–H and O–H groups in total. The predicted molar refractivity (Wildman–Crippen MR) is 70.0 cm³/mol. The molecule has 0 aliphatic carbocycles. The third kappa shape index (κ3) is 2.81. The molecule has 7 nitrogen and oxygen atoms in total. The first-order valence-corrected chi connectivity index (χ1v) is 8.38. The lowest BCUT2D eigenvalue weighted by Crippen LogP contribution is -2.03. The summed E-state index contributed by atoms with van der Waals surface area (Å²) in [4.78, 5) is -0.871. The van der Waals surface area contributed by atoms with Crippen molar-refractivity contribution in [3.63, 3.8) is 0 Å². The van der Waals surface area contributed by atoms with E-state index < -0.39 is 30.0 Å². The molecule has 0 atom stereocenters. The van der Waals surface area contributed by atoms with Gasteiger partial charge in [-0.1, -0.05) is 12.1 Å². The summed E-state index contributed by atoms with van der Waals surface area (Å²) in [6.45, 7) is 0. The second kappa shape index (κ2) is 5.00. The molecule has 0 aliphatic heterocycles. The van der Waals surface area contributed by atoms with Crippen LogP contribution in [0.1, 0.15) is 0 Å². The Balaban J connectivity index is 2.99. The van der Waals surface area contributed by atoms with E-state index in [0.29, 0.717) is 0 Å². The zero-order valence-electron chi connectivity index (χ0n) is 9.72. The maximum absolute atomic E-state index is 11.3. The second-order valence-corrected chi connectivity index (χ2v) is 6.89. The van der Waals surface area contributed by atoms with Crippen molar-refractivity contribution in [1.29, 1.82) is 0 Å². The SMILES string of the molecule is O=S(=O)(O)c1cc([O][Al])c2c(S(=O)(=O)O)cccc2c1. The molecule has 2 aromatic rings. The molecule has 20 heavy (non-hydrogen) atoms. The van der Waals surface area contributed by atoms with E-state index in [2.05, 4.69) is 0 Å². The third-order valence-corrected chi connectivity index (χ3v) is 4.56. The molecule has 2 rings (SSSR count). The molecule has 0 aromatic heterocycles. The van der Waals surface area contributed by atoms with Crippen LogP contribution in [-0.2, 0) is 20.2 Å². The van der Waals surface area contributed by atoms with Gasteiger partial charge in [0, 0.05) is 5.39 Å². The van der Waals surface area contributed by atoms with Crippen molar-refractivity contribution >= 4 is 47.6 Å². The molecule has 0 spiro atoms. The highest BCUT2D eigenvalue weighted by molar-refractivity contribution is 7.86. The summed E-state index contributed by atoms with van der Waals surface area (Å²) in [5.74, 6) is -0.131. The van der Waals surface area contributed by atoms with Crippen LogP contribution in [0.15, 0.2) is 40.1 Å². The molecule has 2 aromatic carbocycles. The van der Waals surface area contributed by atoms with Gasteiger partial charge in [-0.25, -0.2) is 0 Å². The average molecular weight is 330 g/mol. The van der Waals surface area contributed by atoms with E-state index in [1.165, 1.54) is 12.1 Å². The number of rotatable bonds is 3. The minimum Gasteiger partial charge on any atom is -0.653 e. The van der Waals surface area contributed by atoms with Gasteiger partial charge in [0.2, 0.25) is 0 Å². The summed E-state index contributed by atoms with van der Waals surface area (Å²) in [5, 5.41) is 0.185. The first kappa shape index (κ1) is 15.2. The van der Waals surface area contributed by atoms with Crippen LogP contribution in [0, 0.1) is 0 Å². The summed E-state index contributed by atoms with van der Waals surface area (Å²) >= 11 is 1.84. The van der Waals surface area contributed by atoms with Crippen molar-refractivity contribution in [1.82, 2.24) is 0 Å². The van der Waals surface area contributed by atoms with Crippen molar-refractivity contribution < 1.29 is 29.7 Å². The Bertz CT molecular complexity index is 887. The quantitative estimate of drug-likeness (QED) is 0.631. The van der Waals surface area contributed by atoms with Crippen molar-refractivity contribution in [2.75, 3.05) is 0 Å². The van der Waals surface area contributed by atoms with Gasteiger partial charge in [0.15, 0.2) is 0 Å². The van der Waals surface area contributed by atoms with Gasteiger partial charge >= 0.3 is 16.6 Å². The second-order valence-electron chi connectivity index (χ2n) is 3.84. The summed E-state index contributed by atoms with van der Waals surface area (Å²) in [6, 6.07) is 5.93. The maximum atomic E-state index is 11.3. The summed E-state index contributed by atoms with van der Waals surface area (Å²) < 4.78 is 68.0. The third-order valence-electron chi connectivity index (χ3n) is 2.58. The van der Waals surface area contributed by atoms with Gasteiger partial charge < -0.3 is 3.79 Å². The van der Waals surface area contributed by atoms with Crippen LogP contribution < -0.4 is 3.79 Å². The van der Waals surface area contributed by atoms with Crippen LogP contribution in [-0.4, -0.2) is 42.6 Å². The van der Waals surface area contributed by atoms with E-state index in [0.717, 1.165) is 18.2 Å². The maximum Gasteiger partial charge on any atom is 0.482 e. The molecule has 0 heterocycles. The lowest BCUT2D eigenvalue weighted by Gasteiger charge is -2.12. The first-order valence-electron chi connectivity index (χ1n) is 5.03. The average Bonchev–Trinajstić information content (AvgIpc) is 2.34. The molecule has 0 unspecified atom stereocenters. The standard InChI is InChI=1S/C10H8O7S2.Al/c11-8-5-7(18(12,13)14)4-6-2-1-3-9(10(6)8)19(15,16)17;/h1-5,11H,(H,12,13,14)(H,15,16,17);/q;+1/p-1. The first-order chi connectivity index (χ1) is 9.14. The lowest BCUT2D eigenvalue weighted by molar-refractivity contribution is 0.482. The topological polar surface area (TPSA) is 118 Å². The van der Waals surface area contributed by atoms with Crippen molar-refractivity contribution in [2.24, 2.45) is 0 Å². The van der Waals surface area contributed by atoms with Crippen molar-refractivity contribution in [3.8, 4) is 5.75 Å². The Labute approximate surface area is 123 Å². The van der Waals surface area contributed by atoms with Crippen LogP contribution in [0.25, 0.3) is 10.8 Å². The van der Waals surface area contributed by atoms with E-state index in [-0.39, 0.29) is 16.5 Å². The van der Waals surface area contributed by atoms with Gasteiger partial charge in [0.1, 0.15) is 4.90 Å². The molecule has 0 amide bonds. The smallest absolute Gasteiger partial charge is 0.482 e. The van der Waals surface area contributed by atoms with E-state index in [9.17, 15) is 21.4 Å². The minimum atomic E-state index is -4.51. The molecule has 0 fully saturated rings. The summed E-state index contributed by atoms with van der Waals surface area (Å²) in [7, 11) is -8.99. The van der Waals surface area contributed by atoms with Crippen LogP contribution in [0.5, 0.6) is 5.75 Å². The number of benzene rings is 2. The van der Waals surface area contributed by atoms with Gasteiger partial charge in [-0.15, -0.1) is 0 Å². The zero-order valence-corrected chi connectivity index (χ0v) is 12.5. The Morgan fingerprint density at radius 2 is 1.65 bits per heavy atom. The highest BCUT2D eigenvalue weighted by Gasteiger charge is 2.20. The Morgan fingerprint density at radius 3 is 2.15 bits per heavy atom. The van der Waals surface area contributed by atoms with Gasteiger partial charge in [-0.3, -0.25) is 9.11 Å². The molecular weight excluding hydrogens is 323 g/mol. The highest BCUT2D eigenvalue weighted by Crippen LogP contribution is 2.34. The molecule has 0 bridgehead atoms. The molecule has 2 radical (unpaired) electrons. The number of hydrogen-bond acceptors (Lipinski definition) is 5. The fourth-order valence-corrected chi connectivity index (χ4v) is 3.23. The van der Waals surface area contributed by atoms with E-state index in [1.54, 1.807) is 0 Å². The minimum absolute atomic E-state index is 0.0115. The normalized spacial score (nSPS) is 12.5. The largest absolute Gasteiger partial charge is 0.653 e. The fraction of sp³-hybridized carbons (Fsp3) is 0. The highest BCUT2D eigenvalue weighted by atomic mass is 32.2. The molecular formula is C10H7AlO7S2. The summed E-state index contributed by atoms with van der Waals surface area (Å²) in [5.41, 5.74) is 0. The van der Waals surface area contributed by atoms with Crippen LogP contribution in [0.4, 0.5) is 0 Å². The van der Waals surface area contributed by atoms with Crippen LogP contribution in [0.2, 0.25) is 0 Å². The summed E-state index contributed by atoms with van der Waals surface area (Å²) in [6.07, 6.45) is 0. The lowest BCUT2D eigenvalue weighted by atomic mass is 10.1. The van der Waals surface area contributed by atoms with Gasteiger partial charge in [0.25, 0.3) is 20.2 Å². The predicted octanol–water partition coefficient (Wildman–Crippen LogP) is 0.795. The monoisotopic (exact) mass is 330 g/mol. The van der Waals surface area contributed by atoms with Crippen molar-refractivity contribution in [3.05, 3.63) is 30.3 Å². The Morgan fingerprint density at radius 1 is 1.00 bits per heavy atom. The van der Waals surface area contributed by atoms with E-state index in [4.69, 9.17) is 8.34 Å². The van der Waals surface area contributed by atoms with Gasteiger partial charge in [0.05, 0.1) is 10.6 Å². The van der Waals surface area contributed by atoms with E-state index >= 15 is 0 Å². The Kier molecular flexibility index (Phi) is 3.81. The molecule has 0 saturated carbocycles. The molecule has 0 saturated heterocycles.